The average molecular weight is 251 g/mol. The van der Waals surface area contributed by atoms with Crippen molar-refractivity contribution in [1.29, 1.82) is 0 Å². The van der Waals surface area contributed by atoms with Crippen molar-refractivity contribution in [3.63, 3.8) is 0 Å². The van der Waals surface area contributed by atoms with E-state index >= 15 is 0 Å². The van der Waals surface area contributed by atoms with Gasteiger partial charge in [-0.2, -0.15) is 0 Å². The molecule has 0 spiro atoms. The molecule has 0 amide bonds. The Kier molecular flexibility index (Phi) is 4.36. The minimum absolute atomic E-state index is 0.340. The van der Waals surface area contributed by atoms with Crippen LogP contribution in [-0.4, -0.2) is 17.7 Å². The molecule has 1 aromatic carbocycles. The fourth-order valence-corrected chi connectivity index (χ4v) is 2.64. The highest BCUT2D eigenvalue weighted by Crippen LogP contribution is 2.24. The maximum atomic E-state index is 13.7. The van der Waals surface area contributed by atoms with Crippen LogP contribution in [-0.2, 0) is 5.60 Å². The fourth-order valence-electron chi connectivity index (χ4n) is 2.64. The first-order valence-corrected chi connectivity index (χ1v) is 6.80. The van der Waals surface area contributed by atoms with Crippen LogP contribution < -0.4 is 5.32 Å². The maximum absolute atomic E-state index is 13.7. The lowest BCUT2D eigenvalue weighted by atomic mass is 9.92. The van der Waals surface area contributed by atoms with E-state index in [4.69, 9.17) is 0 Å². The van der Waals surface area contributed by atoms with Crippen molar-refractivity contribution in [1.82, 2.24) is 5.32 Å². The molecule has 1 saturated carbocycles. The standard InChI is InChI=1S/C15H22FNO/c1-15(18,13-9-5-6-10-14(13)16)11-17-12-7-3-2-4-8-12/h5-6,9-10,12,17-18H,2-4,7-8,11H2,1H3. The van der Waals surface area contributed by atoms with Gasteiger partial charge in [0, 0.05) is 18.2 Å². The zero-order valence-electron chi connectivity index (χ0n) is 11.0. The van der Waals surface area contributed by atoms with Crippen LogP contribution in [0.15, 0.2) is 24.3 Å². The molecule has 0 radical (unpaired) electrons. The Morgan fingerprint density at radius 3 is 2.61 bits per heavy atom. The Labute approximate surface area is 108 Å². The van der Waals surface area contributed by atoms with Crippen LogP contribution in [0.4, 0.5) is 4.39 Å². The first-order valence-electron chi connectivity index (χ1n) is 6.80. The number of hydrogen-bond donors (Lipinski definition) is 2. The Bertz CT molecular complexity index is 386. The number of nitrogens with one attached hydrogen (secondary N) is 1. The summed E-state index contributed by atoms with van der Waals surface area (Å²) in [4.78, 5) is 0. The fraction of sp³-hybridized carbons (Fsp3) is 0.600. The van der Waals surface area contributed by atoms with Crippen molar-refractivity contribution in [3.8, 4) is 0 Å². The van der Waals surface area contributed by atoms with Crippen LogP contribution in [0, 0.1) is 5.82 Å². The molecule has 1 aliphatic carbocycles. The van der Waals surface area contributed by atoms with E-state index in [0.717, 1.165) is 12.8 Å². The molecule has 3 heteroatoms. The minimum Gasteiger partial charge on any atom is -0.384 e. The van der Waals surface area contributed by atoms with Crippen molar-refractivity contribution in [2.75, 3.05) is 6.54 Å². The minimum atomic E-state index is -1.15. The van der Waals surface area contributed by atoms with Crippen molar-refractivity contribution in [3.05, 3.63) is 35.6 Å². The zero-order valence-corrected chi connectivity index (χ0v) is 11.0. The van der Waals surface area contributed by atoms with Gasteiger partial charge in [0.1, 0.15) is 11.4 Å². The predicted molar refractivity (Wildman–Crippen MR) is 70.8 cm³/mol. The molecule has 18 heavy (non-hydrogen) atoms. The second kappa shape index (κ2) is 5.81. The van der Waals surface area contributed by atoms with E-state index in [-0.39, 0.29) is 5.82 Å². The first-order chi connectivity index (χ1) is 8.59. The number of benzene rings is 1. The second-order valence-electron chi connectivity index (χ2n) is 5.47. The van der Waals surface area contributed by atoms with Gasteiger partial charge in [-0.15, -0.1) is 0 Å². The lowest BCUT2D eigenvalue weighted by Gasteiger charge is -2.29. The summed E-state index contributed by atoms with van der Waals surface area (Å²) < 4.78 is 13.7. The van der Waals surface area contributed by atoms with E-state index in [1.54, 1.807) is 25.1 Å². The summed E-state index contributed by atoms with van der Waals surface area (Å²) >= 11 is 0. The number of aliphatic hydroxyl groups is 1. The molecule has 2 nitrogen and oxygen atoms in total. The van der Waals surface area contributed by atoms with Crippen LogP contribution in [0.1, 0.15) is 44.6 Å². The van der Waals surface area contributed by atoms with E-state index in [9.17, 15) is 9.50 Å². The average Bonchev–Trinajstić information content (AvgIpc) is 2.38. The molecule has 0 bridgehead atoms. The highest BCUT2D eigenvalue weighted by Gasteiger charge is 2.27. The van der Waals surface area contributed by atoms with Crippen molar-refractivity contribution >= 4 is 0 Å². The molecule has 1 aliphatic rings. The highest BCUT2D eigenvalue weighted by atomic mass is 19.1. The van der Waals surface area contributed by atoms with Gasteiger partial charge in [-0.25, -0.2) is 4.39 Å². The molecule has 2 N–H and O–H groups in total. The molecular formula is C15H22FNO. The Morgan fingerprint density at radius 1 is 1.28 bits per heavy atom. The Morgan fingerprint density at radius 2 is 1.94 bits per heavy atom. The molecule has 1 fully saturated rings. The lowest BCUT2D eigenvalue weighted by molar-refractivity contribution is 0.0486. The summed E-state index contributed by atoms with van der Waals surface area (Å²) in [5.41, 5.74) is -0.781. The van der Waals surface area contributed by atoms with Crippen LogP contribution in [0.3, 0.4) is 0 Å². The molecule has 1 aromatic rings. The SMILES string of the molecule is CC(O)(CNC1CCCCC1)c1ccccc1F. The predicted octanol–water partition coefficient (Wildman–Crippen LogP) is 2.96. The molecule has 0 saturated heterocycles. The van der Waals surface area contributed by atoms with E-state index in [1.165, 1.54) is 25.3 Å². The van der Waals surface area contributed by atoms with Crippen molar-refractivity contribution < 1.29 is 9.50 Å². The van der Waals surface area contributed by atoms with Gasteiger partial charge in [0.05, 0.1) is 0 Å². The van der Waals surface area contributed by atoms with Crippen LogP contribution in [0.2, 0.25) is 0 Å². The third kappa shape index (κ3) is 3.30. The van der Waals surface area contributed by atoms with E-state index < -0.39 is 5.60 Å². The summed E-state index contributed by atoms with van der Waals surface area (Å²) in [6.45, 7) is 2.07. The highest BCUT2D eigenvalue weighted by molar-refractivity contribution is 5.24. The van der Waals surface area contributed by atoms with Crippen molar-refractivity contribution in [2.24, 2.45) is 0 Å². The largest absolute Gasteiger partial charge is 0.384 e. The molecule has 1 atom stereocenters. The Hall–Kier alpha value is -0.930. The molecule has 0 aliphatic heterocycles. The van der Waals surface area contributed by atoms with Gasteiger partial charge >= 0.3 is 0 Å². The summed E-state index contributed by atoms with van der Waals surface area (Å²) in [5, 5.41) is 13.8. The summed E-state index contributed by atoms with van der Waals surface area (Å²) in [6.07, 6.45) is 6.13. The van der Waals surface area contributed by atoms with Crippen LogP contribution in [0.25, 0.3) is 0 Å². The van der Waals surface area contributed by atoms with Crippen molar-refractivity contribution in [2.45, 2.75) is 50.7 Å². The molecule has 100 valence electrons. The summed E-state index contributed by atoms with van der Waals surface area (Å²) in [6, 6.07) is 6.91. The van der Waals surface area contributed by atoms with Crippen LogP contribution >= 0.6 is 0 Å². The van der Waals surface area contributed by atoms with Gasteiger partial charge < -0.3 is 10.4 Å². The summed E-state index contributed by atoms with van der Waals surface area (Å²) in [7, 11) is 0. The van der Waals surface area contributed by atoms with Crippen LogP contribution in [0.5, 0.6) is 0 Å². The maximum Gasteiger partial charge on any atom is 0.129 e. The van der Waals surface area contributed by atoms with Gasteiger partial charge in [-0.3, -0.25) is 0 Å². The van der Waals surface area contributed by atoms with E-state index in [1.807, 2.05) is 0 Å². The topological polar surface area (TPSA) is 32.3 Å². The smallest absolute Gasteiger partial charge is 0.129 e. The number of rotatable bonds is 4. The van der Waals surface area contributed by atoms with Gasteiger partial charge in [0.2, 0.25) is 0 Å². The second-order valence-corrected chi connectivity index (χ2v) is 5.47. The monoisotopic (exact) mass is 251 g/mol. The third-order valence-corrected chi connectivity index (χ3v) is 3.79. The van der Waals surface area contributed by atoms with Gasteiger partial charge in [0.25, 0.3) is 0 Å². The summed E-state index contributed by atoms with van der Waals surface area (Å²) in [5.74, 6) is -0.340. The normalized spacial score (nSPS) is 20.6. The van der Waals surface area contributed by atoms with Gasteiger partial charge in [-0.05, 0) is 25.8 Å². The molecular weight excluding hydrogens is 229 g/mol. The van der Waals surface area contributed by atoms with Gasteiger partial charge in [0.15, 0.2) is 0 Å². The van der Waals surface area contributed by atoms with E-state index in [2.05, 4.69) is 5.32 Å². The molecule has 0 heterocycles. The molecule has 0 aromatic heterocycles. The molecule has 2 rings (SSSR count). The van der Waals surface area contributed by atoms with Gasteiger partial charge in [-0.1, -0.05) is 37.5 Å². The van der Waals surface area contributed by atoms with E-state index in [0.29, 0.717) is 18.2 Å². The zero-order chi connectivity index (χ0) is 13.0. The third-order valence-electron chi connectivity index (χ3n) is 3.79. The first kappa shape index (κ1) is 13.5. The number of hydrogen-bond acceptors (Lipinski definition) is 2. The number of halogens is 1. The quantitative estimate of drug-likeness (QED) is 0.862. The molecule has 1 unspecified atom stereocenters. The Balaban J connectivity index is 1.96. The lowest BCUT2D eigenvalue weighted by Crippen LogP contribution is -2.42.